The van der Waals surface area contributed by atoms with Gasteiger partial charge in [-0.1, -0.05) is 140 Å². The number of nitrogens with zero attached hydrogens (tertiary/aromatic N) is 3. The third kappa shape index (κ3) is 2.78. The van der Waals surface area contributed by atoms with Crippen molar-refractivity contribution in [2.45, 2.75) is 5.54 Å². The van der Waals surface area contributed by atoms with Gasteiger partial charge in [-0.05, 0) is 67.4 Å². The monoisotopic (exact) mass is 758 g/mol. The number of pyridine rings is 3. The summed E-state index contributed by atoms with van der Waals surface area (Å²) in [6.07, 6.45) is 0. The van der Waals surface area contributed by atoms with Crippen molar-refractivity contribution in [3.63, 3.8) is 0 Å². The van der Waals surface area contributed by atoms with Gasteiger partial charge in [0.15, 0.2) is 5.69 Å². The van der Waals surface area contributed by atoms with Crippen LogP contribution in [0.1, 0.15) is 17.0 Å². The highest BCUT2D eigenvalue weighted by Gasteiger charge is 2.65. The van der Waals surface area contributed by atoms with Crippen LogP contribution < -0.4 is 9.30 Å². The summed E-state index contributed by atoms with van der Waals surface area (Å²) >= 11 is 0. The summed E-state index contributed by atoms with van der Waals surface area (Å²) in [5.41, 5.74) is 8.03. The van der Waals surface area contributed by atoms with E-state index in [1.165, 1.54) is 136 Å². The number of ether oxygens (including phenoxy) is 1. The third-order valence-electron chi connectivity index (χ3n) is 14.9. The van der Waals surface area contributed by atoms with E-state index in [9.17, 15) is 0 Å². The Labute approximate surface area is 339 Å². The quantitative estimate of drug-likeness (QED) is 0.111. The minimum absolute atomic E-state index is 0.739. The second kappa shape index (κ2) is 9.33. The van der Waals surface area contributed by atoms with Crippen molar-refractivity contribution >= 4 is 119 Å². The first-order valence-electron chi connectivity index (χ1n) is 21.0. The normalized spacial score (nSPS) is 16.2. The van der Waals surface area contributed by atoms with Crippen LogP contribution in [-0.2, 0) is 5.54 Å². The van der Waals surface area contributed by atoms with E-state index >= 15 is 0 Å². The first-order valence-corrected chi connectivity index (χ1v) is 21.0. The van der Waals surface area contributed by atoms with Crippen molar-refractivity contribution in [1.82, 2.24) is 8.80 Å². The average Bonchev–Trinajstić information content (AvgIpc) is 4.03. The first-order chi connectivity index (χ1) is 29.8. The summed E-state index contributed by atoms with van der Waals surface area (Å²) in [5, 5.41) is 23.1. The molecule has 0 N–H and O–H groups in total. The van der Waals surface area contributed by atoms with Crippen LogP contribution in [0.3, 0.4) is 0 Å². The number of fused-ring (bicyclic) bond motifs is 22. The maximum atomic E-state index is 7.25. The van der Waals surface area contributed by atoms with E-state index in [0.717, 1.165) is 11.6 Å². The Morgan fingerprint density at radius 3 is 1.30 bits per heavy atom. The van der Waals surface area contributed by atoms with E-state index in [4.69, 9.17) is 4.74 Å². The number of hydrogen-bond donors (Lipinski definition) is 0. The van der Waals surface area contributed by atoms with Crippen LogP contribution in [0, 0.1) is 0 Å². The zero-order chi connectivity index (χ0) is 38.3. The second-order valence-electron chi connectivity index (χ2n) is 17.2. The van der Waals surface area contributed by atoms with Crippen molar-refractivity contribution < 1.29 is 9.30 Å². The Morgan fingerprint density at radius 1 is 0.333 bits per heavy atom. The molecule has 0 aliphatic carbocycles. The fourth-order valence-corrected chi connectivity index (χ4v) is 13.0. The van der Waals surface area contributed by atoms with E-state index in [1.54, 1.807) is 0 Å². The molecule has 0 radical (unpaired) electrons. The molecule has 17 rings (SSSR count). The predicted molar refractivity (Wildman–Crippen MR) is 245 cm³/mol. The molecule has 0 amide bonds. The van der Waals surface area contributed by atoms with Gasteiger partial charge in [0.2, 0.25) is 5.54 Å². The third-order valence-corrected chi connectivity index (χ3v) is 14.9. The SMILES string of the molecule is c1ccc2c(c1)c1n3c4c5c(ccc4c4c6ccccc6c6ccccc6c4c23)Oc2ccc3c4c6ccccc6c6ccccc6c4c4c6ccccc6c6n4c3[n+]2C516. The van der Waals surface area contributed by atoms with Gasteiger partial charge in [-0.2, -0.15) is 8.97 Å². The highest BCUT2D eigenvalue weighted by Crippen LogP contribution is 2.62. The summed E-state index contributed by atoms with van der Waals surface area (Å²) in [6, 6.07) is 63.7. The molecule has 272 valence electrons. The highest BCUT2D eigenvalue weighted by molar-refractivity contribution is 6.39. The molecule has 3 aliphatic rings. The summed E-state index contributed by atoms with van der Waals surface area (Å²) in [4.78, 5) is 0. The summed E-state index contributed by atoms with van der Waals surface area (Å²) in [7, 11) is 0. The lowest BCUT2D eigenvalue weighted by atomic mass is 9.79. The van der Waals surface area contributed by atoms with E-state index in [-0.39, 0.29) is 0 Å². The Bertz CT molecular complexity index is 4220. The van der Waals surface area contributed by atoms with Gasteiger partial charge in [0, 0.05) is 54.5 Å². The van der Waals surface area contributed by atoms with Crippen molar-refractivity contribution in [2.75, 3.05) is 0 Å². The molecule has 8 heterocycles. The van der Waals surface area contributed by atoms with Crippen molar-refractivity contribution in [3.05, 3.63) is 187 Å². The maximum Gasteiger partial charge on any atom is 0.299 e. The fraction of sp³-hybridized carbons (Fsp3) is 0.0179. The summed E-state index contributed by atoms with van der Waals surface area (Å²) < 4.78 is 15.2. The smallest absolute Gasteiger partial charge is 0.299 e. The van der Waals surface area contributed by atoms with Crippen molar-refractivity contribution in [2.24, 2.45) is 0 Å². The molecular formula is C56H28N3O+. The highest BCUT2D eigenvalue weighted by atomic mass is 16.5. The zero-order valence-corrected chi connectivity index (χ0v) is 31.9. The maximum absolute atomic E-state index is 7.25. The van der Waals surface area contributed by atoms with Gasteiger partial charge < -0.3 is 9.14 Å². The summed E-state index contributed by atoms with van der Waals surface area (Å²) in [6.45, 7) is 0. The first kappa shape index (κ1) is 29.3. The van der Waals surface area contributed by atoms with Gasteiger partial charge in [0.25, 0.3) is 11.5 Å². The molecule has 5 aromatic heterocycles. The Balaban J connectivity index is 1.23. The van der Waals surface area contributed by atoms with Crippen LogP contribution in [0.25, 0.3) is 119 Å². The van der Waals surface area contributed by atoms with Crippen LogP contribution in [-0.4, -0.2) is 8.80 Å². The lowest BCUT2D eigenvalue weighted by molar-refractivity contribution is -0.712. The van der Waals surface area contributed by atoms with Crippen LogP contribution in [0.2, 0.25) is 0 Å². The Morgan fingerprint density at radius 2 is 0.750 bits per heavy atom. The largest absolute Gasteiger partial charge is 0.422 e. The molecule has 14 aromatic rings. The molecule has 4 heteroatoms. The lowest BCUT2D eigenvalue weighted by Crippen LogP contribution is -2.58. The Hall–Kier alpha value is -7.95. The van der Waals surface area contributed by atoms with Crippen LogP contribution in [0.15, 0.2) is 170 Å². The predicted octanol–water partition coefficient (Wildman–Crippen LogP) is 13.6. The second-order valence-corrected chi connectivity index (χ2v) is 17.2. The molecule has 3 aliphatic heterocycles. The summed E-state index contributed by atoms with van der Waals surface area (Å²) in [5.74, 6) is 1.79. The average molecular weight is 759 g/mol. The molecular weight excluding hydrogens is 731 g/mol. The van der Waals surface area contributed by atoms with Crippen molar-refractivity contribution in [3.8, 4) is 11.6 Å². The molecule has 0 saturated heterocycles. The van der Waals surface area contributed by atoms with Crippen LogP contribution in [0.4, 0.5) is 0 Å². The van der Waals surface area contributed by atoms with E-state index in [1.807, 2.05) is 0 Å². The molecule has 1 spiro atoms. The van der Waals surface area contributed by atoms with E-state index in [2.05, 4.69) is 183 Å². The van der Waals surface area contributed by atoms with Gasteiger partial charge >= 0.3 is 0 Å². The van der Waals surface area contributed by atoms with Crippen molar-refractivity contribution in [1.29, 1.82) is 0 Å². The lowest BCUT2D eigenvalue weighted by Gasteiger charge is -2.31. The molecule has 1 unspecified atom stereocenters. The molecule has 9 aromatic carbocycles. The minimum Gasteiger partial charge on any atom is -0.422 e. The topological polar surface area (TPSA) is 21.9 Å². The zero-order valence-electron chi connectivity index (χ0n) is 31.9. The molecule has 0 fully saturated rings. The Kier molecular flexibility index (Phi) is 4.56. The minimum atomic E-state index is -0.739. The number of benzene rings is 9. The van der Waals surface area contributed by atoms with Gasteiger partial charge in [-0.3, -0.25) is 0 Å². The number of hydrogen-bond acceptors (Lipinski definition) is 1. The van der Waals surface area contributed by atoms with E-state index < -0.39 is 5.54 Å². The fourth-order valence-electron chi connectivity index (χ4n) is 13.0. The molecule has 4 nitrogen and oxygen atoms in total. The van der Waals surface area contributed by atoms with Gasteiger partial charge in [0.05, 0.1) is 27.7 Å². The molecule has 0 bridgehead atoms. The molecule has 0 saturated carbocycles. The van der Waals surface area contributed by atoms with Crippen LogP contribution >= 0.6 is 0 Å². The molecule has 60 heavy (non-hydrogen) atoms. The van der Waals surface area contributed by atoms with Crippen LogP contribution in [0.5, 0.6) is 11.6 Å². The number of aromatic nitrogens is 3. The van der Waals surface area contributed by atoms with E-state index in [0.29, 0.717) is 0 Å². The molecule has 1 atom stereocenters. The standard InChI is InChI=1S/C56H28N3O/c1-5-17-33-29(13-1)31-15-3-7-19-35(31)47-45(33)41-25-27-43-49-52(41)57-50(47)37-21-9-11-23-39(37)53(57)56(49)54-40-24-12-10-22-38(40)51-48-36-20-8-4-16-32(36)30-14-2-6-18-34(30)46(48)42-26-28-44(60-43)59(56)55(42)58(51)54/h1-28H/q+1. The number of rotatable bonds is 0. The van der Waals surface area contributed by atoms with Gasteiger partial charge in [-0.25, -0.2) is 0 Å². The van der Waals surface area contributed by atoms with Gasteiger partial charge in [-0.15, -0.1) is 0 Å². The van der Waals surface area contributed by atoms with Gasteiger partial charge in [0.1, 0.15) is 11.3 Å².